The van der Waals surface area contributed by atoms with E-state index in [1.54, 1.807) is 6.08 Å². The van der Waals surface area contributed by atoms with Crippen molar-refractivity contribution in [3.63, 3.8) is 0 Å². The number of benzene rings is 1. The fourth-order valence-electron chi connectivity index (χ4n) is 1.63. The number of aliphatic carboxylic acids is 2. The first-order valence-corrected chi connectivity index (χ1v) is 6.76. The van der Waals surface area contributed by atoms with Crippen LogP contribution in [-0.2, 0) is 9.59 Å². The lowest BCUT2D eigenvalue weighted by Gasteiger charge is -2.25. The van der Waals surface area contributed by atoms with Crippen LogP contribution in [0, 0.1) is 0 Å². The SMILES string of the molecule is C[N+](C)(C)C[C@H](O)CC(=O)O.O=C(O)/C=C/c1ccccc1. The maximum Gasteiger partial charge on any atom is 0.328 e. The average molecular weight is 310 g/mol. The number of rotatable bonds is 6. The lowest BCUT2D eigenvalue weighted by Crippen LogP contribution is -2.42. The Morgan fingerprint density at radius 1 is 1.14 bits per heavy atom. The second kappa shape index (κ2) is 9.70. The van der Waals surface area contributed by atoms with Crippen LogP contribution in [0.4, 0.5) is 0 Å². The molecule has 0 amide bonds. The molecule has 0 radical (unpaired) electrons. The van der Waals surface area contributed by atoms with Crippen LogP contribution in [0.3, 0.4) is 0 Å². The Labute approximate surface area is 130 Å². The third kappa shape index (κ3) is 12.8. The van der Waals surface area contributed by atoms with E-state index >= 15 is 0 Å². The molecule has 1 atom stereocenters. The van der Waals surface area contributed by atoms with Gasteiger partial charge >= 0.3 is 11.9 Å². The second-order valence-corrected chi connectivity index (χ2v) is 5.81. The smallest absolute Gasteiger partial charge is 0.328 e. The third-order valence-electron chi connectivity index (χ3n) is 2.39. The fourth-order valence-corrected chi connectivity index (χ4v) is 1.63. The number of aliphatic hydroxyl groups is 1. The minimum absolute atomic E-state index is 0.171. The van der Waals surface area contributed by atoms with Gasteiger partial charge in [-0.05, 0) is 11.6 Å². The number of carboxylic acid groups (broad SMARTS) is 2. The highest BCUT2D eigenvalue weighted by atomic mass is 16.4. The summed E-state index contributed by atoms with van der Waals surface area (Å²) in [6.45, 7) is 0.465. The predicted molar refractivity (Wildman–Crippen MR) is 84.3 cm³/mol. The monoisotopic (exact) mass is 310 g/mol. The highest BCUT2D eigenvalue weighted by Crippen LogP contribution is 2.00. The molecule has 0 aromatic heterocycles. The molecule has 22 heavy (non-hydrogen) atoms. The van der Waals surface area contributed by atoms with Gasteiger partial charge in [0.25, 0.3) is 0 Å². The summed E-state index contributed by atoms with van der Waals surface area (Å²) < 4.78 is 0.578. The number of nitrogens with zero attached hydrogens (tertiary/aromatic N) is 1. The zero-order chi connectivity index (χ0) is 17.2. The van der Waals surface area contributed by atoms with Crippen molar-refractivity contribution in [3.8, 4) is 0 Å². The molecule has 0 heterocycles. The molecule has 6 heteroatoms. The molecule has 0 aliphatic rings. The molecule has 6 nitrogen and oxygen atoms in total. The Morgan fingerprint density at radius 3 is 2.09 bits per heavy atom. The van der Waals surface area contributed by atoms with Gasteiger partial charge in [0.15, 0.2) is 0 Å². The van der Waals surface area contributed by atoms with E-state index in [9.17, 15) is 9.59 Å². The van der Waals surface area contributed by atoms with Crippen LogP contribution >= 0.6 is 0 Å². The van der Waals surface area contributed by atoms with Crippen molar-refractivity contribution in [2.24, 2.45) is 0 Å². The van der Waals surface area contributed by atoms with Crippen molar-refractivity contribution < 1.29 is 29.4 Å². The Balaban J connectivity index is 0.000000401. The van der Waals surface area contributed by atoms with Crippen LogP contribution in [-0.4, -0.2) is 65.5 Å². The minimum atomic E-state index is -0.953. The van der Waals surface area contributed by atoms with E-state index in [0.29, 0.717) is 11.0 Å². The summed E-state index contributed by atoms with van der Waals surface area (Å²) in [6.07, 6.45) is 1.76. The third-order valence-corrected chi connectivity index (χ3v) is 2.39. The molecule has 0 fully saturated rings. The van der Waals surface area contributed by atoms with Crippen LogP contribution in [0.5, 0.6) is 0 Å². The number of carboxylic acids is 2. The highest BCUT2D eigenvalue weighted by molar-refractivity contribution is 5.85. The van der Waals surface area contributed by atoms with E-state index in [0.717, 1.165) is 11.6 Å². The Bertz CT molecular complexity index is 491. The first kappa shape index (κ1) is 19.8. The van der Waals surface area contributed by atoms with Gasteiger partial charge in [0.2, 0.25) is 0 Å². The molecule has 0 saturated carbocycles. The van der Waals surface area contributed by atoms with Crippen molar-refractivity contribution in [2.75, 3.05) is 27.7 Å². The van der Waals surface area contributed by atoms with Crippen molar-refractivity contribution in [1.82, 2.24) is 0 Å². The van der Waals surface area contributed by atoms with E-state index in [4.69, 9.17) is 15.3 Å². The predicted octanol–water partition coefficient (Wildman–Crippen LogP) is 1.31. The van der Waals surface area contributed by atoms with E-state index in [-0.39, 0.29) is 6.42 Å². The molecule has 0 saturated heterocycles. The van der Waals surface area contributed by atoms with Gasteiger partial charge in [-0.25, -0.2) is 4.79 Å². The Hall–Kier alpha value is -2.18. The number of likely N-dealkylation sites (N-methyl/N-ethyl adjacent to an activating group) is 1. The normalized spacial score (nSPS) is 12.4. The van der Waals surface area contributed by atoms with E-state index in [1.165, 1.54) is 0 Å². The zero-order valence-corrected chi connectivity index (χ0v) is 13.1. The lowest BCUT2D eigenvalue weighted by atomic mass is 10.2. The molecule has 0 bridgehead atoms. The van der Waals surface area contributed by atoms with Gasteiger partial charge in [0.05, 0.1) is 27.6 Å². The van der Waals surface area contributed by atoms with Gasteiger partial charge < -0.3 is 19.8 Å². The molecule has 0 aliphatic heterocycles. The topological polar surface area (TPSA) is 94.8 Å². The summed E-state index contributed by atoms with van der Waals surface area (Å²) in [4.78, 5) is 20.2. The van der Waals surface area contributed by atoms with Crippen LogP contribution in [0.2, 0.25) is 0 Å². The van der Waals surface area contributed by atoms with Crippen LogP contribution in [0.1, 0.15) is 12.0 Å². The summed E-state index contributed by atoms with van der Waals surface area (Å²) in [7, 11) is 5.72. The van der Waals surface area contributed by atoms with Gasteiger partial charge in [-0.2, -0.15) is 0 Å². The van der Waals surface area contributed by atoms with Gasteiger partial charge in [-0.1, -0.05) is 30.3 Å². The minimum Gasteiger partial charge on any atom is -0.481 e. The fraction of sp³-hybridized carbons (Fsp3) is 0.375. The highest BCUT2D eigenvalue weighted by Gasteiger charge is 2.17. The summed E-state index contributed by atoms with van der Waals surface area (Å²) >= 11 is 0. The van der Waals surface area contributed by atoms with Gasteiger partial charge in [-0.15, -0.1) is 0 Å². The van der Waals surface area contributed by atoms with Crippen molar-refractivity contribution in [3.05, 3.63) is 42.0 Å². The molecule has 1 aromatic carbocycles. The first-order valence-electron chi connectivity index (χ1n) is 6.76. The standard InChI is InChI=1S/C9H8O2.C7H15NO3/c10-9(11)7-6-8-4-2-1-3-5-8;1-8(2,3)5-6(9)4-7(10)11/h1-7H,(H,10,11);6,9H,4-5H2,1-3H3/p+1/b7-6+;/t;6-/m.1/s1. The Kier molecular flexibility index (Phi) is 8.74. The first-order chi connectivity index (χ1) is 10.1. The van der Waals surface area contributed by atoms with Crippen LogP contribution < -0.4 is 0 Å². The van der Waals surface area contributed by atoms with Crippen molar-refractivity contribution in [2.45, 2.75) is 12.5 Å². The summed E-state index contributed by atoms with van der Waals surface area (Å²) in [6, 6.07) is 9.31. The van der Waals surface area contributed by atoms with E-state index in [2.05, 4.69) is 0 Å². The van der Waals surface area contributed by atoms with Crippen molar-refractivity contribution >= 4 is 18.0 Å². The summed E-state index contributed by atoms with van der Waals surface area (Å²) in [5, 5.41) is 25.8. The van der Waals surface area contributed by atoms with Crippen LogP contribution in [0.25, 0.3) is 6.08 Å². The largest absolute Gasteiger partial charge is 0.481 e. The second-order valence-electron chi connectivity index (χ2n) is 5.81. The quantitative estimate of drug-likeness (QED) is 0.544. The average Bonchev–Trinajstić information content (AvgIpc) is 2.35. The molecular weight excluding hydrogens is 286 g/mol. The molecule has 1 rings (SSSR count). The number of hydrogen-bond acceptors (Lipinski definition) is 3. The maximum absolute atomic E-state index is 10.1. The van der Waals surface area contributed by atoms with E-state index in [1.807, 2.05) is 51.5 Å². The molecule has 0 spiro atoms. The lowest BCUT2D eigenvalue weighted by molar-refractivity contribution is -0.873. The summed E-state index contributed by atoms with van der Waals surface area (Å²) in [5.41, 5.74) is 0.898. The molecule has 0 unspecified atom stereocenters. The molecule has 122 valence electrons. The number of carbonyl (C=O) groups is 2. The molecule has 0 aliphatic carbocycles. The van der Waals surface area contributed by atoms with Gasteiger partial charge in [-0.3, -0.25) is 4.79 Å². The molecule has 1 aromatic rings. The van der Waals surface area contributed by atoms with Gasteiger partial charge in [0, 0.05) is 6.08 Å². The summed E-state index contributed by atoms with van der Waals surface area (Å²) in [5.74, 6) is -1.88. The molecular formula is C16H24NO5+. The van der Waals surface area contributed by atoms with E-state index < -0.39 is 18.0 Å². The van der Waals surface area contributed by atoms with Gasteiger partial charge in [0.1, 0.15) is 12.6 Å². The van der Waals surface area contributed by atoms with Crippen molar-refractivity contribution in [1.29, 1.82) is 0 Å². The maximum atomic E-state index is 10.1. The number of quaternary nitrogens is 1. The Morgan fingerprint density at radius 2 is 1.68 bits per heavy atom. The zero-order valence-electron chi connectivity index (χ0n) is 13.1. The number of aliphatic hydroxyl groups excluding tert-OH is 1. The number of hydrogen-bond donors (Lipinski definition) is 3. The molecule has 3 N–H and O–H groups in total. The van der Waals surface area contributed by atoms with Crippen LogP contribution in [0.15, 0.2) is 36.4 Å².